The van der Waals surface area contributed by atoms with Crippen molar-refractivity contribution in [3.63, 3.8) is 0 Å². The van der Waals surface area contributed by atoms with Crippen LogP contribution in [0.2, 0.25) is 0 Å². The maximum absolute atomic E-state index is 11.2. The van der Waals surface area contributed by atoms with Crippen LogP contribution in [0.1, 0.15) is 18.8 Å². The SMILES string of the molecule is CC(NS(=O)(=O)CC#N)c1ncc[nH]1. The van der Waals surface area contributed by atoms with Crippen LogP contribution >= 0.6 is 0 Å². The predicted octanol–water partition coefficient (Wildman–Crippen LogP) is -0.0863. The monoisotopic (exact) mass is 214 g/mol. The van der Waals surface area contributed by atoms with Gasteiger partial charge in [-0.15, -0.1) is 0 Å². The number of hydrogen-bond acceptors (Lipinski definition) is 4. The molecule has 76 valence electrons. The van der Waals surface area contributed by atoms with Crippen molar-refractivity contribution < 1.29 is 8.42 Å². The average Bonchev–Trinajstić information content (AvgIpc) is 2.53. The molecule has 0 saturated heterocycles. The van der Waals surface area contributed by atoms with Crippen molar-refractivity contribution in [2.45, 2.75) is 13.0 Å². The Morgan fingerprint density at radius 3 is 3.00 bits per heavy atom. The second-order valence-electron chi connectivity index (χ2n) is 2.73. The van der Waals surface area contributed by atoms with Gasteiger partial charge in [0.05, 0.1) is 12.1 Å². The van der Waals surface area contributed by atoms with Gasteiger partial charge in [-0.3, -0.25) is 0 Å². The van der Waals surface area contributed by atoms with Crippen molar-refractivity contribution >= 4 is 10.0 Å². The highest BCUT2D eigenvalue weighted by atomic mass is 32.2. The minimum atomic E-state index is -3.53. The van der Waals surface area contributed by atoms with E-state index < -0.39 is 21.8 Å². The predicted molar refractivity (Wildman–Crippen MR) is 49.5 cm³/mol. The van der Waals surface area contributed by atoms with Crippen molar-refractivity contribution in [1.82, 2.24) is 14.7 Å². The highest BCUT2D eigenvalue weighted by Crippen LogP contribution is 2.06. The molecule has 1 aromatic rings. The third-order valence-electron chi connectivity index (χ3n) is 1.54. The lowest BCUT2D eigenvalue weighted by Crippen LogP contribution is -2.29. The largest absolute Gasteiger partial charge is 0.347 e. The molecule has 2 N–H and O–H groups in total. The van der Waals surface area contributed by atoms with E-state index in [0.717, 1.165) is 0 Å². The fraction of sp³-hybridized carbons (Fsp3) is 0.429. The van der Waals surface area contributed by atoms with Crippen LogP contribution in [-0.4, -0.2) is 24.1 Å². The van der Waals surface area contributed by atoms with Gasteiger partial charge >= 0.3 is 0 Å². The van der Waals surface area contributed by atoms with Gasteiger partial charge in [0.2, 0.25) is 10.0 Å². The van der Waals surface area contributed by atoms with E-state index in [2.05, 4.69) is 14.7 Å². The highest BCUT2D eigenvalue weighted by molar-refractivity contribution is 7.89. The molecule has 1 aromatic heterocycles. The molecular formula is C7H10N4O2S. The number of aromatic nitrogens is 2. The van der Waals surface area contributed by atoms with Crippen LogP contribution in [0.3, 0.4) is 0 Å². The Hall–Kier alpha value is -1.39. The first-order valence-corrected chi connectivity index (χ1v) is 5.56. The van der Waals surface area contributed by atoms with E-state index in [1.165, 1.54) is 6.20 Å². The minimum absolute atomic E-state index is 0.455. The van der Waals surface area contributed by atoms with Crippen LogP contribution in [-0.2, 0) is 10.0 Å². The van der Waals surface area contributed by atoms with Gasteiger partial charge in [0, 0.05) is 12.4 Å². The summed E-state index contributed by atoms with van der Waals surface area (Å²) in [4.78, 5) is 6.68. The van der Waals surface area contributed by atoms with Gasteiger partial charge in [0.1, 0.15) is 5.82 Å². The van der Waals surface area contributed by atoms with E-state index in [1.807, 2.05) is 0 Å². The number of nitrogens with one attached hydrogen (secondary N) is 2. The van der Waals surface area contributed by atoms with Crippen LogP contribution in [0.5, 0.6) is 0 Å². The lowest BCUT2D eigenvalue weighted by atomic mass is 10.3. The van der Waals surface area contributed by atoms with Crippen LogP contribution in [0.15, 0.2) is 12.4 Å². The number of aromatic amines is 1. The summed E-state index contributed by atoms with van der Waals surface area (Å²) in [5.41, 5.74) is 0. The van der Waals surface area contributed by atoms with Crippen molar-refractivity contribution in [1.29, 1.82) is 5.26 Å². The van der Waals surface area contributed by atoms with Gasteiger partial charge in [0.15, 0.2) is 5.75 Å². The molecule has 6 nitrogen and oxygen atoms in total. The van der Waals surface area contributed by atoms with Gasteiger partial charge in [0.25, 0.3) is 0 Å². The molecule has 1 rings (SSSR count). The zero-order valence-electron chi connectivity index (χ0n) is 7.56. The molecule has 0 amide bonds. The molecule has 0 saturated carbocycles. The molecule has 14 heavy (non-hydrogen) atoms. The molecule has 1 unspecified atom stereocenters. The van der Waals surface area contributed by atoms with E-state index in [1.54, 1.807) is 19.2 Å². The third kappa shape index (κ3) is 2.83. The Labute approximate surface area is 82.0 Å². The quantitative estimate of drug-likeness (QED) is 0.731. The number of H-pyrrole nitrogens is 1. The van der Waals surface area contributed by atoms with Crippen LogP contribution in [0.25, 0.3) is 0 Å². The molecule has 7 heteroatoms. The fourth-order valence-corrected chi connectivity index (χ4v) is 1.87. The summed E-state index contributed by atoms with van der Waals surface area (Å²) in [6.07, 6.45) is 3.13. The zero-order valence-corrected chi connectivity index (χ0v) is 8.37. The number of imidazole rings is 1. The molecule has 0 spiro atoms. The average molecular weight is 214 g/mol. The van der Waals surface area contributed by atoms with E-state index in [-0.39, 0.29) is 0 Å². The first-order chi connectivity index (χ1) is 6.55. The Balaban J connectivity index is 2.67. The molecule has 0 aliphatic heterocycles. The summed E-state index contributed by atoms with van der Waals surface area (Å²) in [5, 5.41) is 8.25. The number of nitrogens with zero attached hydrogens (tertiary/aromatic N) is 2. The normalized spacial score (nSPS) is 13.4. The summed E-state index contributed by atoms with van der Waals surface area (Å²) in [7, 11) is -3.53. The van der Waals surface area contributed by atoms with E-state index >= 15 is 0 Å². The van der Waals surface area contributed by atoms with E-state index in [9.17, 15) is 8.42 Å². The molecule has 0 radical (unpaired) electrons. The molecule has 0 fully saturated rings. The number of nitriles is 1. The second kappa shape index (κ2) is 4.21. The summed E-state index contributed by atoms with van der Waals surface area (Å²) >= 11 is 0. The van der Waals surface area contributed by atoms with Crippen molar-refractivity contribution in [3.05, 3.63) is 18.2 Å². The van der Waals surface area contributed by atoms with Crippen LogP contribution < -0.4 is 4.72 Å². The van der Waals surface area contributed by atoms with Gasteiger partial charge in [-0.1, -0.05) is 0 Å². The fourth-order valence-electron chi connectivity index (χ4n) is 0.966. The number of rotatable bonds is 4. The Bertz CT molecular complexity index is 417. The van der Waals surface area contributed by atoms with Gasteiger partial charge < -0.3 is 4.98 Å². The maximum Gasteiger partial charge on any atom is 0.225 e. The second-order valence-corrected chi connectivity index (χ2v) is 4.49. The lowest BCUT2D eigenvalue weighted by Gasteiger charge is -2.09. The first-order valence-electron chi connectivity index (χ1n) is 3.91. The molecule has 0 aliphatic carbocycles. The Kier molecular flexibility index (Phi) is 3.22. The van der Waals surface area contributed by atoms with Gasteiger partial charge in [-0.25, -0.2) is 18.1 Å². The van der Waals surface area contributed by atoms with Gasteiger partial charge in [-0.05, 0) is 6.92 Å². The van der Waals surface area contributed by atoms with E-state index in [4.69, 9.17) is 5.26 Å². The first kappa shape index (κ1) is 10.7. The smallest absolute Gasteiger partial charge is 0.225 e. The molecule has 1 atom stereocenters. The Morgan fingerprint density at radius 2 is 2.50 bits per heavy atom. The number of sulfonamides is 1. The summed E-state index contributed by atoms with van der Waals surface area (Å²) in [5.74, 6) is -0.0237. The summed E-state index contributed by atoms with van der Waals surface area (Å²) in [6.45, 7) is 1.65. The molecule has 0 bridgehead atoms. The zero-order chi connectivity index (χ0) is 10.6. The van der Waals surface area contributed by atoms with Crippen LogP contribution in [0, 0.1) is 11.3 Å². The minimum Gasteiger partial charge on any atom is -0.347 e. The number of hydrogen-bond donors (Lipinski definition) is 2. The van der Waals surface area contributed by atoms with Crippen molar-refractivity contribution in [3.8, 4) is 6.07 Å². The Morgan fingerprint density at radius 1 is 1.79 bits per heavy atom. The topological polar surface area (TPSA) is 98.6 Å². The van der Waals surface area contributed by atoms with Crippen LogP contribution in [0.4, 0.5) is 0 Å². The summed E-state index contributed by atoms with van der Waals surface area (Å²) < 4.78 is 24.6. The third-order valence-corrected chi connectivity index (χ3v) is 2.76. The molecule has 0 aliphatic rings. The summed E-state index contributed by atoms with van der Waals surface area (Å²) in [6, 6.07) is 1.12. The molecule has 0 aromatic carbocycles. The molecular weight excluding hydrogens is 204 g/mol. The van der Waals surface area contributed by atoms with Crippen molar-refractivity contribution in [2.75, 3.05) is 5.75 Å². The van der Waals surface area contributed by atoms with Gasteiger partial charge in [-0.2, -0.15) is 5.26 Å². The van der Waals surface area contributed by atoms with Crippen molar-refractivity contribution in [2.24, 2.45) is 0 Å². The highest BCUT2D eigenvalue weighted by Gasteiger charge is 2.16. The maximum atomic E-state index is 11.2. The standard InChI is InChI=1S/C7H10N4O2S/c1-6(7-9-3-4-10-7)11-14(12,13)5-2-8/h3-4,6,11H,5H2,1H3,(H,9,10). The molecule has 1 heterocycles. The van der Waals surface area contributed by atoms with E-state index in [0.29, 0.717) is 5.82 Å². The lowest BCUT2D eigenvalue weighted by molar-refractivity contribution is 0.564.